The Balaban J connectivity index is 1.17. The van der Waals surface area contributed by atoms with Gasteiger partial charge >= 0.3 is 12.1 Å². The van der Waals surface area contributed by atoms with Crippen molar-refractivity contribution in [2.75, 3.05) is 19.7 Å². The number of carboxylic acid groups (broad SMARTS) is 1. The van der Waals surface area contributed by atoms with Crippen LogP contribution in [0.2, 0.25) is 0 Å². The zero-order valence-corrected chi connectivity index (χ0v) is 18.7. The lowest BCUT2D eigenvalue weighted by Crippen LogP contribution is -2.36. The maximum atomic E-state index is 12.4. The number of aliphatic carboxylic acids is 1. The summed E-state index contributed by atoms with van der Waals surface area (Å²) < 4.78 is 5.52. The number of hydrogen-bond acceptors (Lipinski definition) is 4. The Hall–Kier alpha value is -3.35. The number of carbonyl (C=O) groups is 3. The monoisotopic (exact) mass is 450 g/mol. The number of carbonyl (C=O) groups excluding carboxylic acids is 2. The summed E-state index contributed by atoms with van der Waals surface area (Å²) in [5, 5.41) is 11.8. The predicted molar refractivity (Wildman–Crippen MR) is 124 cm³/mol. The fourth-order valence-electron chi connectivity index (χ4n) is 4.96. The number of likely N-dealkylation sites (tertiary alicyclic amines) is 1. The summed E-state index contributed by atoms with van der Waals surface area (Å²) in [5.41, 5.74) is 4.73. The van der Waals surface area contributed by atoms with Crippen LogP contribution >= 0.6 is 0 Å². The van der Waals surface area contributed by atoms with Gasteiger partial charge in [0.15, 0.2) is 0 Å². The normalized spacial score (nSPS) is 16.8. The lowest BCUT2D eigenvalue weighted by atomic mass is 9.98. The quantitative estimate of drug-likeness (QED) is 0.559. The van der Waals surface area contributed by atoms with Crippen LogP contribution in [0.25, 0.3) is 11.1 Å². The number of ether oxygens (including phenoxy) is 1. The van der Waals surface area contributed by atoms with Crippen LogP contribution < -0.4 is 5.32 Å². The second kappa shape index (κ2) is 10.5. The third-order valence-corrected chi connectivity index (χ3v) is 6.54. The maximum Gasteiger partial charge on any atom is 0.407 e. The molecule has 1 fully saturated rings. The minimum Gasteiger partial charge on any atom is -0.481 e. The highest BCUT2D eigenvalue weighted by atomic mass is 16.5. The van der Waals surface area contributed by atoms with E-state index in [2.05, 4.69) is 29.6 Å². The van der Waals surface area contributed by atoms with Crippen LogP contribution in [0.5, 0.6) is 0 Å². The number of rotatable bonds is 9. The average Bonchev–Trinajstić information content (AvgIpc) is 3.39. The van der Waals surface area contributed by atoms with E-state index in [1.54, 1.807) is 4.90 Å². The molecule has 4 rings (SSSR count). The SMILES string of the molecule is O=C(O)C[C@H]1CCCN1C(=O)CCCCNC(=O)OCC1c2ccccc2-c2ccccc21. The molecule has 7 heteroatoms. The van der Waals surface area contributed by atoms with E-state index >= 15 is 0 Å². The first-order valence-corrected chi connectivity index (χ1v) is 11.6. The molecule has 0 bridgehead atoms. The zero-order chi connectivity index (χ0) is 23.2. The van der Waals surface area contributed by atoms with Gasteiger partial charge in [-0.25, -0.2) is 4.79 Å². The van der Waals surface area contributed by atoms with Crippen LogP contribution in [0, 0.1) is 0 Å². The largest absolute Gasteiger partial charge is 0.481 e. The summed E-state index contributed by atoms with van der Waals surface area (Å²) in [6, 6.07) is 16.2. The Kier molecular flexibility index (Phi) is 7.27. The van der Waals surface area contributed by atoms with Crippen molar-refractivity contribution in [3.63, 3.8) is 0 Å². The first-order chi connectivity index (χ1) is 16.0. The molecule has 1 atom stereocenters. The van der Waals surface area contributed by atoms with Crippen molar-refractivity contribution >= 4 is 18.0 Å². The van der Waals surface area contributed by atoms with Crippen LogP contribution in [0.4, 0.5) is 4.79 Å². The van der Waals surface area contributed by atoms with E-state index in [4.69, 9.17) is 9.84 Å². The highest BCUT2D eigenvalue weighted by molar-refractivity contribution is 5.79. The molecule has 2 amide bonds. The van der Waals surface area contributed by atoms with Gasteiger partial charge in [0.2, 0.25) is 5.91 Å². The number of nitrogens with zero attached hydrogens (tertiary/aromatic N) is 1. The lowest BCUT2D eigenvalue weighted by molar-refractivity contribution is -0.139. The van der Waals surface area contributed by atoms with Crippen LogP contribution in [0.1, 0.15) is 55.6 Å². The number of nitrogens with one attached hydrogen (secondary N) is 1. The van der Waals surface area contributed by atoms with Crippen LogP contribution in [0.15, 0.2) is 48.5 Å². The number of fused-ring (bicyclic) bond motifs is 3. The molecule has 7 nitrogen and oxygen atoms in total. The average molecular weight is 451 g/mol. The molecular formula is C26H30N2O5. The first-order valence-electron chi connectivity index (χ1n) is 11.6. The van der Waals surface area contributed by atoms with E-state index in [0.29, 0.717) is 32.4 Å². The summed E-state index contributed by atoms with van der Waals surface area (Å²) in [7, 11) is 0. The topological polar surface area (TPSA) is 95.9 Å². The number of unbranched alkanes of at least 4 members (excludes halogenated alkanes) is 1. The molecule has 0 saturated carbocycles. The Bertz CT molecular complexity index is 976. The van der Waals surface area contributed by atoms with E-state index in [9.17, 15) is 14.4 Å². The summed E-state index contributed by atoms with van der Waals surface area (Å²) in [5.74, 6) is -0.841. The van der Waals surface area contributed by atoms with E-state index in [0.717, 1.165) is 12.8 Å². The molecule has 174 valence electrons. The number of carboxylic acids is 1. The van der Waals surface area contributed by atoms with Crippen LogP contribution in [-0.4, -0.2) is 53.7 Å². The minimum atomic E-state index is -0.869. The van der Waals surface area contributed by atoms with Gasteiger partial charge < -0.3 is 20.1 Å². The summed E-state index contributed by atoms with van der Waals surface area (Å²) in [6.45, 7) is 1.34. The Morgan fingerprint density at radius 2 is 1.67 bits per heavy atom. The van der Waals surface area contributed by atoms with Crippen molar-refractivity contribution in [2.24, 2.45) is 0 Å². The number of amides is 2. The molecule has 2 N–H and O–H groups in total. The molecule has 2 aliphatic rings. The van der Waals surface area contributed by atoms with Gasteiger partial charge in [-0.2, -0.15) is 0 Å². The van der Waals surface area contributed by atoms with Gasteiger partial charge in [-0.1, -0.05) is 48.5 Å². The number of hydrogen-bond donors (Lipinski definition) is 2. The molecule has 1 heterocycles. The van der Waals surface area contributed by atoms with E-state index in [1.165, 1.54) is 22.3 Å². The first kappa shape index (κ1) is 22.8. The second-order valence-electron chi connectivity index (χ2n) is 8.69. The zero-order valence-electron chi connectivity index (χ0n) is 18.7. The highest BCUT2D eigenvalue weighted by Gasteiger charge is 2.30. The molecule has 0 spiro atoms. The highest BCUT2D eigenvalue weighted by Crippen LogP contribution is 2.44. The molecule has 1 aliphatic carbocycles. The van der Waals surface area contributed by atoms with Gasteiger partial charge in [0.05, 0.1) is 6.42 Å². The van der Waals surface area contributed by atoms with Gasteiger partial charge in [0, 0.05) is 31.5 Å². The minimum absolute atomic E-state index is 0.000101. The van der Waals surface area contributed by atoms with Crippen molar-refractivity contribution in [3.8, 4) is 11.1 Å². The molecule has 2 aromatic carbocycles. The molecule has 2 aromatic rings. The van der Waals surface area contributed by atoms with Crippen molar-refractivity contribution in [3.05, 3.63) is 59.7 Å². The summed E-state index contributed by atoms with van der Waals surface area (Å²) in [6.07, 6.45) is 2.82. The second-order valence-corrected chi connectivity index (χ2v) is 8.69. The van der Waals surface area contributed by atoms with E-state index < -0.39 is 12.1 Å². The van der Waals surface area contributed by atoms with Crippen LogP contribution in [0.3, 0.4) is 0 Å². The molecule has 33 heavy (non-hydrogen) atoms. The molecule has 1 aliphatic heterocycles. The van der Waals surface area contributed by atoms with Gasteiger partial charge in [0.25, 0.3) is 0 Å². The van der Waals surface area contributed by atoms with Gasteiger partial charge in [-0.15, -0.1) is 0 Å². The third kappa shape index (κ3) is 5.35. The Morgan fingerprint density at radius 3 is 2.33 bits per heavy atom. The lowest BCUT2D eigenvalue weighted by Gasteiger charge is -2.23. The molecule has 1 saturated heterocycles. The van der Waals surface area contributed by atoms with Crippen molar-refractivity contribution in [1.82, 2.24) is 10.2 Å². The Morgan fingerprint density at radius 1 is 1.00 bits per heavy atom. The summed E-state index contributed by atoms with van der Waals surface area (Å²) >= 11 is 0. The maximum absolute atomic E-state index is 12.4. The molecule has 0 aromatic heterocycles. The van der Waals surface area contributed by atoms with Crippen molar-refractivity contribution < 1.29 is 24.2 Å². The number of alkyl carbamates (subject to hydrolysis) is 1. The fraction of sp³-hybridized carbons (Fsp3) is 0.423. The smallest absolute Gasteiger partial charge is 0.407 e. The van der Waals surface area contributed by atoms with Gasteiger partial charge in [-0.05, 0) is 47.9 Å². The van der Waals surface area contributed by atoms with Gasteiger partial charge in [-0.3, -0.25) is 9.59 Å². The summed E-state index contributed by atoms with van der Waals surface area (Å²) in [4.78, 5) is 37.3. The third-order valence-electron chi connectivity index (χ3n) is 6.54. The van der Waals surface area contributed by atoms with Crippen molar-refractivity contribution in [2.45, 2.75) is 50.5 Å². The van der Waals surface area contributed by atoms with Crippen molar-refractivity contribution in [1.29, 1.82) is 0 Å². The van der Waals surface area contributed by atoms with Gasteiger partial charge in [0.1, 0.15) is 6.61 Å². The molecule has 0 unspecified atom stereocenters. The van der Waals surface area contributed by atoms with E-state index in [1.807, 2.05) is 24.3 Å². The number of benzene rings is 2. The predicted octanol–water partition coefficient (Wildman–Crippen LogP) is 4.16. The fourth-order valence-corrected chi connectivity index (χ4v) is 4.96. The van der Waals surface area contributed by atoms with E-state index in [-0.39, 0.29) is 30.9 Å². The molecule has 0 radical (unpaired) electrons. The Labute approximate surface area is 193 Å². The van der Waals surface area contributed by atoms with Crippen LogP contribution in [-0.2, 0) is 14.3 Å². The molecular weight excluding hydrogens is 420 g/mol. The standard InChI is InChI=1S/C26H30N2O5/c29-24(28-15-7-8-18(28)16-25(30)31)13-5-6-14-27-26(32)33-17-23-21-11-3-1-9-19(21)20-10-2-4-12-22(20)23/h1-4,9-12,18,23H,5-8,13-17H2,(H,27,32)(H,30,31)/t18-/m1/s1.